The average Bonchev–Trinajstić information content (AvgIpc) is 3.74. The van der Waals surface area contributed by atoms with Gasteiger partial charge in [0.25, 0.3) is 5.91 Å². The van der Waals surface area contributed by atoms with Gasteiger partial charge in [0.1, 0.15) is 6.04 Å². The number of unbranched alkanes of at least 4 members (excludes halogenated alkanes) is 4. The van der Waals surface area contributed by atoms with Crippen molar-refractivity contribution in [2.75, 3.05) is 37.4 Å². The second kappa shape index (κ2) is 23.2. The van der Waals surface area contributed by atoms with Crippen molar-refractivity contribution in [1.82, 2.24) is 31.9 Å². The molecular weight excluding hydrogens is 777 g/mol. The molecule has 0 aliphatic carbocycles. The van der Waals surface area contributed by atoms with Crippen molar-refractivity contribution in [2.24, 2.45) is 0 Å². The van der Waals surface area contributed by atoms with Gasteiger partial charge in [0, 0.05) is 72.2 Å². The van der Waals surface area contributed by atoms with Crippen LogP contribution in [0.3, 0.4) is 0 Å². The number of benzene rings is 2. The minimum Gasteiger partial charge on any atom is -0.356 e. The molecule has 17 heteroatoms. The molecule has 0 bridgehead atoms. The molecule has 2 aliphatic rings. The highest BCUT2D eigenvalue weighted by Crippen LogP contribution is 2.33. The summed E-state index contributed by atoms with van der Waals surface area (Å²) < 4.78 is 22.9. The number of fused-ring (bicyclic) bond motifs is 1. The van der Waals surface area contributed by atoms with Crippen LogP contribution in [0, 0.1) is 0 Å². The Kier molecular flexibility index (Phi) is 18.5. The number of thioether (sulfide) groups is 1. The van der Waals surface area contributed by atoms with Gasteiger partial charge in [-0.1, -0.05) is 55.3 Å². The number of ketones is 1. The number of nitrogens with one attached hydrogen (secondary N) is 6. The number of amides is 6. The molecule has 2 aromatic rings. The SMILES string of the molecule is CS(=O)(=O)SCCNC(=O)[C@H](CCCCNC(=O)CCCCCNC(=O)CCCC[C@@H]1SC[C@@H]2NC(=O)N[C@@H]21)NC(=O)c1ccc(C(=O)c2ccccc2)cc1. The van der Waals surface area contributed by atoms with Gasteiger partial charge < -0.3 is 31.9 Å². The van der Waals surface area contributed by atoms with E-state index < -0.39 is 26.7 Å². The maximum atomic E-state index is 13.1. The summed E-state index contributed by atoms with van der Waals surface area (Å²) in [5, 5.41) is 17.7. The van der Waals surface area contributed by atoms with E-state index in [1.54, 1.807) is 36.4 Å². The predicted molar refractivity (Wildman–Crippen MR) is 220 cm³/mol. The van der Waals surface area contributed by atoms with Crippen LogP contribution in [0.1, 0.15) is 96.9 Å². The third-order valence-electron chi connectivity index (χ3n) is 9.49. The van der Waals surface area contributed by atoms with E-state index in [9.17, 15) is 37.2 Å². The fourth-order valence-corrected chi connectivity index (χ4v) is 9.69. The summed E-state index contributed by atoms with van der Waals surface area (Å²) in [7, 11) is -2.54. The number of hydrogen-bond acceptors (Lipinski definition) is 10. The summed E-state index contributed by atoms with van der Waals surface area (Å²) in [4.78, 5) is 75.1. The average molecular weight is 831 g/mol. The monoisotopic (exact) mass is 830 g/mol. The molecule has 2 aliphatic heterocycles. The molecular formula is C39H54N6O8S3. The van der Waals surface area contributed by atoms with E-state index in [1.165, 1.54) is 12.1 Å². The molecule has 0 saturated carbocycles. The maximum absolute atomic E-state index is 13.1. The fraction of sp³-hybridized carbons (Fsp3) is 0.538. The van der Waals surface area contributed by atoms with E-state index in [4.69, 9.17) is 0 Å². The molecule has 6 amide bonds. The van der Waals surface area contributed by atoms with Gasteiger partial charge in [-0.15, -0.1) is 0 Å². The highest BCUT2D eigenvalue weighted by Gasteiger charge is 2.42. The van der Waals surface area contributed by atoms with Gasteiger partial charge in [-0.2, -0.15) is 11.8 Å². The summed E-state index contributed by atoms with van der Waals surface area (Å²) in [6.45, 7) is 1.08. The summed E-state index contributed by atoms with van der Waals surface area (Å²) in [6.07, 6.45) is 8.35. The zero-order valence-corrected chi connectivity index (χ0v) is 34.3. The Labute approximate surface area is 337 Å². The smallest absolute Gasteiger partial charge is 0.315 e. The maximum Gasteiger partial charge on any atom is 0.315 e. The Balaban J connectivity index is 1.08. The van der Waals surface area contributed by atoms with Crippen LogP contribution in [-0.4, -0.2) is 105 Å². The lowest BCUT2D eigenvalue weighted by Crippen LogP contribution is -2.47. The summed E-state index contributed by atoms with van der Waals surface area (Å²) in [6, 6.07) is 14.4. The van der Waals surface area contributed by atoms with Crippen LogP contribution in [0.4, 0.5) is 4.79 Å². The van der Waals surface area contributed by atoms with E-state index in [-0.39, 0.29) is 53.6 Å². The molecule has 0 spiro atoms. The first kappa shape index (κ1) is 44.6. The molecule has 0 unspecified atom stereocenters. The molecule has 56 heavy (non-hydrogen) atoms. The van der Waals surface area contributed by atoms with E-state index in [0.29, 0.717) is 68.0 Å². The molecule has 14 nitrogen and oxygen atoms in total. The molecule has 4 atom stereocenters. The van der Waals surface area contributed by atoms with Gasteiger partial charge in [0.15, 0.2) is 14.7 Å². The normalized spacial score (nSPS) is 17.9. The van der Waals surface area contributed by atoms with Crippen molar-refractivity contribution in [3.05, 3.63) is 71.3 Å². The Morgan fingerprint density at radius 2 is 1.39 bits per heavy atom. The Morgan fingerprint density at radius 3 is 2.07 bits per heavy atom. The van der Waals surface area contributed by atoms with Crippen LogP contribution in [0.5, 0.6) is 0 Å². The van der Waals surface area contributed by atoms with Crippen LogP contribution in [0.2, 0.25) is 0 Å². The minimum atomic E-state index is -3.26. The Bertz CT molecular complexity index is 1750. The van der Waals surface area contributed by atoms with Gasteiger partial charge in [-0.05, 0) is 67.9 Å². The van der Waals surface area contributed by atoms with Gasteiger partial charge >= 0.3 is 6.03 Å². The van der Waals surface area contributed by atoms with Crippen molar-refractivity contribution in [3.8, 4) is 0 Å². The number of carbonyl (C=O) groups excluding carboxylic acids is 6. The van der Waals surface area contributed by atoms with Crippen molar-refractivity contribution in [3.63, 3.8) is 0 Å². The first-order valence-corrected chi connectivity index (χ1v) is 23.7. The molecule has 2 heterocycles. The van der Waals surface area contributed by atoms with Gasteiger partial charge in [0.2, 0.25) is 17.7 Å². The van der Waals surface area contributed by atoms with Crippen molar-refractivity contribution >= 4 is 66.9 Å². The lowest BCUT2D eigenvalue weighted by Gasteiger charge is -2.19. The first-order valence-electron chi connectivity index (χ1n) is 19.2. The van der Waals surface area contributed by atoms with Gasteiger partial charge in [0.05, 0.1) is 12.1 Å². The van der Waals surface area contributed by atoms with Crippen LogP contribution in [0.25, 0.3) is 0 Å². The van der Waals surface area contributed by atoms with E-state index in [2.05, 4.69) is 31.9 Å². The predicted octanol–water partition coefficient (Wildman–Crippen LogP) is 3.51. The molecule has 0 radical (unpaired) electrons. The highest BCUT2D eigenvalue weighted by atomic mass is 33.1. The molecule has 6 N–H and O–H groups in total. The van der Waals surface area contributed by atoms with Crippen molar-refractivity contribution < 1.29 is 37.2 Å². The van der Waals surface area contributed by atoms with Crippen molar-refractivity contribution in [1.29, 1.82) is 0 Å². The lowest BCUT2D eigenvalue weighted by molar-refractivity contribution is -0.123. The zero-order valence-electron chi connectivity index (χ0n) is 31.8. The lowest BCUT2D eigenvalue weighted by atomic mass is 10.0. The van der Waals surface area contributed by atoms with E-state index in [0.717, 1.165) is 54.9 Å². The molecule has 306 valence electrons. The number of hydrogen-bond donors (Lipinski definition) is 6. The number of carbonyl (C=O) groups is 6. The Morgan fingerprint density at radius 1 is 0.768 bits per heavy atom. The van der Waals surface area contributed by atoms with Crippen LogP contribution >= 0.6 is 22.6 Å². The van der Waals surface area contributed by atoms with Gasteiger partial charge in [-0.3, -0.25) is 24.0 Å². The summed E-state index contributed by atoms with van der Waals surface area (Å²) >= 11 is 1.88. The van der Waals surface area contributed by atoms with Crippen LogP contribution in [0.15, 0.2) is 54.6 Å². The largest absolute Gasteiger partial charge is 0.356 e. The van der Waals surface area contributed by atoms with Crippen LogP contribution in [-0.2, 0) is 23.3 Å². The number of urea groups is 1. The summed E-state index contributed by atoms with van der Waals surface area (Å²) in [5.74, 6) is -0.0634. The Hall–Kier alpha value is -4.09. The topological polar surface area (TPSA) is 209 Å². The second-order valence-corrected chi connectivity index (χ2v) is 19.8. The quantitative estimate of drug-likeness (QED) is 0.0372. The molecule has 0 aromatic heterocycles. The van der Waals surface area contributed by atoms with Crippen LogP contribution < -0.4 is 31.9 Å². The number of rotatable bonds is 25. The molecule has 2 aromatic carbocycles. The third kappa shape index (κ3) is 15.8. The third-order valence-corrected chi connectivity index (χ3v) is 13.6. The van der Waals surface area contributed by atoms with E-state index >= 15 is 0 Å². The zero-order chi connectivity index (χ0) is 40.3. The molecule has 2 saturated heterocycles. The molecule has 4 rings (SSSR count). The van der Waals surface area contributed by atoms with Crippen molar-refractivity contribution in [2.45, 2.75) is 94.0 Å². The first-order chi connectivity index (χ1) is 26.9. The minimum absolute atomic E-state index is 0.0339. The van der Waals surface area contributed by atoms with Gasteiger partial charge in [-0.25, -0.2) is 13.2 Å². The standard InChI is InChI=1S/C39H54N6O8S3/c1-56(52,53)55-25-24-42-38(50)30(43-37(49)29-20-18-28(19-21-29)36(48)27-12-4-2-5-13-27)14-9-11-23-41-33(46)16-6-3-10-22-40-34(47)17-8-7-15-32-35-31(26-54-32)44-39(51)45-35/h2,4-5,12-13,18-21,30-32,35H,3,6-11,14-17,22-26H2,1H3,(H,40,47)(H,41,46)(H,42,50)(H,43,49)(H2,44,45,51)/t30-,31-,32-,35-/m0/s1. The van der Waals surface area contributed by atoms with E-state index in [1.807, 2.05) is 17.8 Å². The second-order valence-electron chi connectivity index (χ2n) is 14.0. The summed E-state index contributed by atoms with van der Waals surface area (Å²) in [5.41, 5.74) is 1.23. The fourth-order valence-electron chi connectivity index (χ4n) is 6.50. The molecule has 2 fully saturated rings. The highest BCUT2D eigenvalue weighted by molar-refractivity contribution is 8.71.